The fraction of sp³-hybridized carbons (Fsp3) is 0.667. The summed E-state index contributed by atoms with van der Waals surface area (Å²) < 4.78 is 5.31. The topological polar surface area (TPSA) is 26.3 Å². The van der Waals surface area contributed by atoms with E-state index in [1.165, 1.54) is 18.4 Å². The first kappa shape index (κ1) is 12.4. The minimum atomic E-state index is -0.392. The second kappa shape index (κ2) is 4.32. The number of ether oxygens (including phenoxy) is 1. The molecule has 0 radical (unpaired) electrons. The van der Waals surface area contributed by atoms with Crippen LogP contribution in [0.1, 0.15) is 40.0 Å². The van der Waals surface area contributed by atoms with Crippen LogP contribution in [-0.2, 0) is 9.53 Å². The van der Waals surface area contributed by atoms with Crippen LogP contribution in [0.3, 0.4) is 0 Å². The van der Waals surface area contributed by atoms with Crippen LogP contribution in [0.4, 0.5) is 0 Å². The Morgan fingerprint density at radius 1 is 1.41 bits per heavy atom. The van der Waals surface area contributed by atoms with Gasteiger partial charge < -0.3 is 4.74 Å². The molecule has 0 aromatic heterocycles. The highest BCUT2D eigenvalue weighted by Crippen LogP contribution is 2.53. The summed E-state index contributed by atoms with van der Waals surface area (Å²) in [5, 5.41) is 0. The van der Waals surface area contributed by atoms with Crippen molar-refractivity contribution in [2.45, 2.75) is 45.6 Å². The van der Waals surface area contributed by atoms with Crippen LogP contribution in [-0.4, -0.2) is 11.6 Å². The summed E-state index contributed by atoms with van der Waals surface area (Å²) in [5.41, 5.74) is 0.893. The predicted molar refractivity (Wildman–Crippen MR) is 68.4 cm³/mol. The normalized spacial score (nSPS) is 34.1. The van der Waals surface area contributed by atoms with Gasteiger partial charge in [0.1, 0.15) is 5.60 Å². The number of esters is 1. The average molecular weight is 234 g/mol. The Balaban J connectivity index is 1.93. The number of hydrogen-bond acceptors (Lipinski definition) is 2. The third kappa shape index (κ3) is 2.80. The van der Waals surface area contributed by atoms with Crippen LogP contribution in [0.5, 0.6) is 0 Å². The predicted octanol–water partition coefficient (Wildman–Crippen LogP) is 3.49. The quantitative estimate of drug-likeness (QED) is 0.415. The molecule has 17 heavy (non-hydrogen) atoms. The lowest BCUT2D eigenvalue weighted by atomic mass is 9.71. The van der Waals surface area contributed by atoms with E-state index in [9.17, 15) is 4.79 Å². The molecule has 2 rings (SSSR count). The second-order valence-electron chi connectivity index (χ2n) is 6.29. The summed E-state index contributed by atoms with van der Waals surface area (Å²) in [6.45, 7) is 9.56. The number of rotatable bonds is 2. The zero-order valence-electron chi connectivity index (χ0n) is 11.0. The number of fused-ring (bicyclic) bond motifs is 1. The molecule has 2 nitrogen and oxygen atoms in total. The molecule has 0 aromatic rings. The maximum atomic E-state index is 11.7. The fourth-order valence-corrected chi connectivity index (χ4v) is 2.98. The van der Waals surface area contributed by atoms with E-state index in [-0.39, 0.29) is 5.97 Å². The van der Waals surface area contributed by atoms with Crippen LogP contribution >= 0.6 is 0 Å². The van der Waals surface area contributed by atoms with E-state index in [0.29, 0.717) is 11.8 Å². The third-order valence-electron chi connectivity index (χ3n) is 3.75. The molecule has 0 bridgehead atoms. The Hall–Kier alpha value is -1.05. The summed E-state index contributed by atoms with van der Waals surface area (Å²) in [6.07, 6.45) is 7.28. The van der Waals surface area contributed by atoms with Crippen molar-refractivity contribution >= 4 is 5.97 Å². The molecule has 0 saturated heterocycles. The lowest BCUT2D eigenvalue weighted by Crippen LogP contribution is -2.27. The smallest absolute Gasteiger partial charge is 0.331 e. The summed E-state index contributed by atoms with van der Waals surface area (Å²) in [6, 6.07) is 0. The van der Waals surface area contributed by atoms with Crippen molar-refractivity contribution in [3.8, 4) is 0 Å². The highest BCUT2D eigenvalue weighted by molar-refractivity contribution is 5.83. The molecule has 0 N–H and O–H groups in total. The van der Waals surface area contributed by atoms with Gasteiger partial charge in [-0.15, -0.1) is 6.58 Å². The standard InChI is InChI=1S/C15H22O2/c1-5-10-6-11-8-12(13(11)7-10)9-14(16)17-15(2,3)4/h5,9-11,13H,1,6-8H2,2-4H3/t10-,11-,13-/m1/s1. The Kier molecular flexibility index (Phi) is 3.15. The summed E-state index contributed by atoms with van der Waals surface area (Å²) in [5.74, 6) is 1.86. The van der Waals surface area contributed by atoms with Crippen LogP contribution in [0.25, 0.3) is 0 Å². The molecule has 2 saturated carbocycles. The Bertz CT molecular complexity index is 360. The summed E-state index contributed by atoms with van der Waals surface area (Å²) >= 11 is 0. The van der Waals surface area contributed by atoms with E-state index >= 15 is 0 Å². The molecule has 0 aromatic carbocycles. The first-order valence-electron chi connectivity index (χ1n) is 6.45. The van der Waals surface area contributed by atoms with E-state index in [1.54, 1.807) is 6.08 Å². The Morgan fingerprint density at radius 2 is 2.12 bits per heavy atom. The lowest BCUT2D eigenvalue weighted by Gasteiger charge is -2.34. The van der Waals surface area contributed by atoms with Gasteiger partial charge in [0.2, 0.25) is 0 Å². The molecule has 2 aliphatic rings. The Labute approximate surface area is 104 Å². The zero-order chi connectivity index (χ0) is 12.6. The van der Waals surface area contributed by atoms with E-state index in [1.807, 2.05) is 20.8 Å². The first-order valence-corrected chi connectivity index (χ1v) is 6.45. The fourth-order valence-electron chi connectivity index (χ4n) is 2.98. The third-order valence-corrected chi connectivity index (χ3v) is 3.75. The number of carbonyl (C=O) groups is 1. The molecule has 2 fully saturated rings. The highest BCUT2D eigenvalue weighted by Gasteiger charge is 2.43. The molecule has 2 aliphatic carbocycles. The largest absolute Gasteiger partial charge is 0.457 e. The molecule has 0 amide bonds. The Morgan fingerprint density at radius 3 is 2.71 bits per heavy atom. The molecule has 2 heteroatoms. The maximum absolute atomic E-state index is 11.7. The average Bonchev–Trinajstić information content (AvgIpc) is 2.49. The van der Waals surface area contributed by atoms with Crippen LogP contribution < -0.4 is 0 Å². The molecule has 0 spiro atoms. The molecular formula is C15H22O2. The molecule has 0 aliphatic heterocycles. The van der Waals surface area contributed by atoms with Gasteiger partial charge in [0, 0.05) is 6.08 Å². The van der Waals surface area contributed by atoms with Crippen molar-refractivity contribution in [2.24, 2.45) is 17.8 Å². The van der Waals surface area contributed by atoms with Gasteiger partial charge in [-0.3, -0.25) is 0 Å². The van der Waals surface area contributed by atoms with Gasteiger partial charge in [0.25, 0.3) is 0 Å². The number of hydrogen-bond donors (Lipinski definition) is 0. The van der Waals surface area contributed by atoms with Gasteiger partial charge in [-0.1, -0.05) is 11.6 Å². The molecule has 94 valence electrons. The SMILES string of the molecule is C=C[C@@H]1C[C@@H]2CC(=CC(=O)OC(C)(C)C)[C@@H]2C1. The van der Waals surface area contributed by atoms with E-state index < -0.39 is 5.60 Å². The minimum Gasteiger partial charge on any atom is -0.457 e. The van der Waals surface area contributed by atoms with Crippen molar-refractivity contribution < 1.29 is 9.53 Å². The molecule has 0 unspecified atom stereocenters. The number of carbonyl (C=O) groups excluding carboxylic acids is 1. The van der Waals surface area contributed by atoms with E-state index in [2.05, 4.69) is 12.7 Å². The van der Waals surface area contributed by atoms with E-state index in [0.717, 1.165) is 12.3 Å². The summed E-state index contributed by atoms with van der Waals surface area (Å²) in [4.78, 5) is 11.7. The second-order valence-corrected chi connectivity index (χ2v) is 6.29. The van der Waals surface area contributed by atoms with Gasteiger partial charge in [-0.2, -0.15) is 0 Å². The van der Waals surface area contributed by atoms with Crippen LogP contribution in [0.15, 0.2) is 24.3 Å². The summed E-state index contributed by atoms with van der Waals surface area (Å²) in [7, 11) is 0. The van der Waals surface area contributed by atoms with Gasteiger partial charge >= 0.3 is 5.97 Å². The van der Waals surface area contributed by atoms with Crippen molar-refractivity contribution in [3.05, 3.63) is 24.3 Å². The van der Waals surface area contributed by atoms with Crippen molar-refractivity contribution in [1.29, 1.82) is 0 Å². The first-order chi connectivity index (χ1) is 7.89. The number of allylic oxidation sites excluding steroid dienone is 2. The lowest BCUT2D eigenvalue weighted by molar-refractivity contribution is -0.148. The molecular weight excluding hydrogens is 212 g/mol. The van der Waals surface area contributed by atoms with Gasteiger partial charge in [0.05, 0.1) is 0 Å². The monoisotopic (exact) mass is 234 g/mol. The van der Waals surface area contributed by atoms with Crippen LogP contribution in [0.2, 0.25) is 0 Å². The molecule has 0 heterocycles. The maximum Gasteiger partial charge on any atom is 0.331 e. The van der Waals surface area contributed by atoms with Crippen molar-refractivity contribution in [1.82, 2.24) is 0 Å². The molecule has 3 atom stereocenters. The minimum absolute atomic E-state index is 0.187. The van der Waals surface area contributed by atoms with Crippen molar-refractivity contribution in [3.63, 3.8) is 0 Å². The highest BCUT2D eigenvalue weighted by atomic mass is 16.6. The van der Waals surface area contributed by atoms with Crippen LogP contribution in [0, 0.1) is 17.8 Å². The van der Waals surface area contributed by atoms with Gasteiger partial charge in [0.15, 0.2) is 0 Å². The van der Waals surface area contributed by atoms with Gasteiger partial charge in [-0.05, 0) is 57.8 Å². The van der Waals surface area contributed by atoms with Crippen molar-refractivity contribution in [2.75, 3.05) is 0 Å². The van der Waals surface area contributed by atoms with Gasteiger partial charge in [-0.25, -0.2) is 4.79 Å². The van der Waals surface area contributed by atoms with E-state index in [4.69, 9.17) is 4.74 Å². The zero-order valence-corrected chi connectivity index (χ0v) is 11.0.